The van der Waals surface area contributed by atoms with E-state index in [9.17, 15) is 8.42 Å². The third-order valence-corrected chi connectivity index (χ3v) is 8.43. The maximum absolute atomic E-state index is 11.7. The molecular formula is C22H29N3O3S2. The second kappa shape index (κ2) is 9.26. The number of hydrogen-bond donors (Lipinski definition) is 0. The molecule has 1 saturated heterocycles. The summed E-state index contributed by atoms with van der Waals surface area (Å²) in [5.74, 6) is 0.821. The maximum atomic E-state index is 11.7. The van der Waals surface area contributed by atoms with Crippen LogP contribution in [0.5, 0.6) is 5.75 Å². The van der Waals surface area contributed by atoms with Gasteiger partial charge in [0.2, 0.25) is 10.0 Å². The fourth-order valence-corrected chi connectivity index (χ4v) is 5.78. The largest absolute Gasteiger partial charge is 0.434 e. The molecule has 0 bridgehead atoms. The lowest BCUT2D eigenvalue weighted by atomic mass is 10.0. The third-order valence-electron chi connectivity index (χ3n) is 5.99. The van der Waals surface area contributed by atoms with Crippen molar-refractivity contribution in [3.8, 4) is 5.75 Å². The number of benzene rings is 1. The van der Waals surface area contributed by atoms with Crippen molar-refractivity contribution in [2.24, 2.45) is 4.99 Å². The lowest BCUT2D eigenvalue weighted by Gasteiger charge is -2.35. The highest BCUT2D eigenvalue weighted by atomic mass is 32.2. The molecule has 2 aliphatic heterocycles. The van der Waals surface area contributed by atoms with Crippen LogP contribution in [0.1, 0.15) is 18.4 Å². The summed E-state index contributed by atoms with van der Waals surface area (Å²) in [7, 11) is -1.42. The first-order valence-electron chi connectivity index (χ1n) is 10.4. The van der Waals surface area contributed by atoms with Crippen LogP contribution < -0.4 is 4.74 Å². The van der Waals surface area contributed by atoms with E-state index in [1.807, 2.05) is 18.2 Å². The van der Waals surface area contributed by atoms with E-state index in [2.05, 4.69) is 40.3 Å². The summed E-state index contributed by atoms with van der Waals surface area (Å²) >= 11 is 1.67. The molecule has 2 unspecified atom stereocenters. The summed E-state index contributed by atoms with van der Waals surface area (Å²) in [5, 5.41) is 1.08. The Hall–Kier alpha value is -1.61. The van der Waals surface area contributed by atoms with Gasteiger partial charge in [-0.15, -0.1) is 0 Å². The SMILES string of the molecule is CN(C1CCN(CCc2ccc(OC3=NC4C=CC=CC4S3)cc2)CC1)S(C)(=O)=O. The van der Waals surface area contributed by atoms with Gasteiger partial charge in [0.05, 0.1) is 17.5 Å². The molecule has 0 radical (unpaired) electrons. The van der Waals surface area contributed by atoms with Gasteiger partial charge >= 0.3 is 0 Å². The van der Waals surface area contributed by atoms with E-state index in [-0.39, 0.29) is 12.1 Å². The highest BCUT2D eigenvalue weighted by Crippen LogP contribution is 2.32. The third kappa shape index (κ3) is 5.35. The highest BCUT2D eigenvalue weighted by Gasteiger charge is 2.29. The van der Waals surface area contributed by atoms with Crippen molar-refractivity contribution in [3.63, 3.8) is 0 Å². The van der Waals surface area contributed by atoms with Crippen LogP contribution in [0.3, 0.4) is 0 Å². The van der Waals surface area contributed by atoms with E-state index >= 15 is 0 Å². The smallest absolute Gasteiger partial charge is 0.252 e. The number of likely N-dealkylation sites (tertiary alicyclic amines) is 1. The number of nitrogens with zero attached hydrogens (tertiary/aromatic N) is 3. The topological polar surface area (TPSA) is 62.2 Å². The van der Waals surface area contributed by atoms with Crippen LogP contribution in [-0.4, -0.2) is 73.1 Å². The van der Waals surface area contributed by atoms with Gasteiger partial charge in [-0.2, -0.15) is 0 Å². The molecule has 1 aliphatic carbocycles. The summed E-state index contributed by atoms with van der Waals surface area (Å²) < 4.78 is 30.9. The molecule has 2 heterocycles. The van der Waals surface area contributed by atoms with Gasteiger partial charge in [-0.3, -0.25) is 0 Å². The van der Waals surface area contributed by atoms with Crippen LogP contribution in [0.25, 0.3) is 0 Å². The van der Waals surface area contributed by atoms with Crippen LogP contribution in [0.2, 0.25) is 0 Å². The Balaban J connectivity index is 1.22. The van der Waals surface area contributed by atoms with Crippen LogP contribution >= 0.6 is 11.8 Å². The van der Waals surface area contributed by atoms with Crippen LogP contribution in [0.15, 0.2) is 53.6 Å². The van der Waals surface area contributed by atoms with Crippen molar-refractivity contribution >= 4 is 27.0 Å². The second-order valence-corrected chi connectivity index (χ2v) is 11.3. The number of allylic oxidation sites excluding steroid dienone is 2. The van der Waals surface area contributed by atoms with Gasteiger partial charge in [0.1, 0.15) is 5.75 Å². The Morgan fingerprint density at radius 1 is 1.17 bits per heavy atom. The predicted octanol–water partition coefficient (Wildman–Crippen LogP) is 2.93. The molecule has 4 rings (SSSR count). The molecule has 8 heteroatoms. The van der Waals surface area contributed by atoms with Crippen LogP contribution in [0, 0.1) is 0 Å². The van der Waals surface area contributed by atoms with Crippen molar-refractivity contribution in [1.82, 2.24) is 9.21 Å². The van der Waals surface area contributed by atoms with Crippen LogP contribution in [0.4, 0.5) is 0 Å². The number of fused-ring (bicyclic) bond motifs is 1. The van der Waals surface area contributed by atoms with Gasteiger partial charge in [-0.1, -0.05) is 48.2 Å². The first-order valence-corrected chi connectivity index (χ1v) is 13.1. The molecule has 1 fully saturated rings. The average molecular weight is 448 g/mol. The van der Waals surface area contributed by atoms with E-state index in [1.54, 1.807) is 18.8 Å². The van der Waals surface area contributed by atoms with Crippen molar-refractivity contribution in [1.29, 1.82) is 0 Å². The molecule has 0 N–H and O–H groups in total. The Morgan fingerprint density at radius 3 is 2.53 bits per heavy atom. The number of thioether (sulfide) groups is 1. The van der Waals surface area contributed by atoms with E-state index in [0.717, 1.165) is 49.9 Å². The van der Waals surface area contributed by atoms with E-state index in [4.69, 9.17) is 4.74 Å². The molecule has 1 aromatic carbocycles. The number of hydrogen-bond acceptors (Lipinski definition) is 6. The van der Waals surface area contributed by atoms with Crippen LogP contribution in [-0.2, 0) is 16.4 Å². The maximum Gasteiger partial charge on any atom is 0.252 e. The Bertz CT molecular complexity index is 933. The molecule has 0 aromatic heterocycles. The average Bonchev–Trinajstić information content (AvgIpc) is 3.15. The van der Waals surface area contributed by atoms with Gasteiger partial charge in [0, 0.05) is 19.6 Å². The molecule has 2 atom stereocenters. The Kier molecular flexibility index (Phi) is 6.67. The summed E-state index contributed by atoms with van der Waals surface area (Å²) in [6, 6.07) is 8.58. The molecule has 30 heavy (non-hydrogen) atoms. The van der Waals surface area contributed by atoms with E-state index in [0.29, 0.717) is 5.25 Å². The number of aliphatic imine (C=N–C) groups is 1. The van der Waals surface area contributed by atoms with Gasteiger partial charge in [0.25, 0.3) is 5.23 Å². The van der Waals surface area contributed by atoms with Crippen molar-refractivity contribution in [3.05, 3.63) is 54.1 Å². The minimum absolute atomic E-state index is 0.124. The summed E-state index contributed by atoms with van der Waals surface area (Å²) in [6.07, 6.45) is 12.4. The van der Waals surface area contributed by atoms with Gasteiger partial charge in [-0.25, -0.2) is 17.7 Å². The van der Waals surface area contributed by atoms with E-state index < -0.39 is 10.0 Å². The second-order valence-electron chi connectivity index (χ2n) is 8.09. The number of ether oxygens (including phenoxy) is 1. The fourth-order valence-electron chi connectivity index (χ4n) is 4.01. The normalized spacial score (nSPS) is 24.8. The number of piperidine rings is 1. The minimum atomic E-state index is -3.11. The lowest BCUT2D eigenvalue weighted by molar-refractivity contribution is 0.172. The molecular weight excluding hydrogens is 418 g/mol. The molecule has 0 amide bonds. The molecule has 6 nitrogen and oxygen atoms in total. The standard InChI is InChI=1S/C22H29N3O3S2/c1-24(30(2,26)27)18-12-15-25(16-13-18)14-11-17-7-9-19(10-8-17)28-22-23-20-5-3-4-6-21(20)29-22/h3-10,18,20-21H,11-16H2,1-2H3. The predicted molar refractivity (Wildman–Crippen MR) is 124 cm³/mol. The Labute approximate surface area is 183 Å². The lowest BCUT2D eigenvalue weighted by Crippen LogP contribution is -2.45. The summed E-state index contributed by atoms with van der Waals surface area (Å²) in [4.78, 5) is 7.05. The highest BCUT2D eigenvalue weighted by molar-refractivity contribution is 8.14. The van der Waals surface area contributed by atoms with Gasteiger partial charge < -0.3 is 9.64 Å². The molecule has 0 saturated carbocycles. The van der Waals surface area contributed by atoms with Crippen molar-refractivity contribution in [2.75, 3.05) is 32.9 Å². The molecule has 162 valence electrons. The van der Waals surface area contributed by atoms with Crippen molar-refractivity contribution in [2.45, 2.75) is 36.6 Å². The molecule has 0 spiro atoms. The van der Waals surface area contributed by atoms with Gasteiger partial charge in [0.15, 0.2) is 0 Å². The summed E-state index contributed by atoms with van der Waals surface area (Å²) in [5.41, 5.74) is 1.28. The first-order chi connectivity index (χ1) is 14.4. The van der Waals surface area contributed by atoms with E-state index in [1.165, 1.54) is 16.1 Å². The fraction of sp³-hybridized carbons (Fsp3) is 0.500. The number of rotatable bonds is 6. The van der Waals surface area contributed by atoms with Gasteiger partial charge in [-0.05, 0) is 50.0 Å². The Morgan fingerprint density at radius 2 is 1.87 bits per heavy atom. The minimum Gasteiger partial charge on any atom is -0.434 e. The molecule has 3 aliphatic rings. The zero-order valence-corrected chi connectivity index (χ0v) is 19.1. The molecule has 1 aromatic rings. The first kappa shape index (κ1) is 21.6. The zero-order chi connectivity index (χ0) is 21.1. The van der Waals surface area contributed by atoms with Crippen molar-refractivity contribution < 1.29 is 13.2 Å². The number of sulfonamides is 1. The quantitative estimate of drug-likeness (QED) is 0.671. The monoisotopic (exact) mass is 447 g/mol. The zero-order valence-electron chi connectivity index (χ0n) is 17.5. The summed E-state index contributed by atoms with van der Waals surface area (Å²) in [6.45, 7) is 2.86.